The van der Waals surface area contributed by atoms with E-state index in [0.29, 0.717) is 24.9 Å². The molecule has 0 unspecified atom stereocenters. The Bertz CT molecular complexity index is 603. The van der Waals surface area contributed by atoms with E-state index in [0.717, 1.165) is 30.3 Å². The number of rotatable bonds is 7. The molecule has 0 aromatic carbocycles. The molecule has 1 saturated heterocycles. The van der Waals surface area contributed by atoms with Crippen LogP contribution in [0.4, 0.5) is 5.82 Å². The average molecular weight is 422 g/mol. The summed E-state index contributed by atoms with van der Waals surface area (Å²) in [7, 11) is 1.83. The zero-order valence-electron chi connectivity index (χ0n) is 16.8. The van der Waals surface area contributed by atoms with E-state index in [9.17, 15) is 4.79 Å². The summed E-state index contributed by atoms with van der Waals surface area (Å²) in [5, 5.41) is 12.1. The van der Waals surface area contributed by atoms with Crippen LogP contribution in [-0.2, 0) is 4.79 Å². The molecular formula is C18H33Cl2N5O2. The van der Waals surface area contributed by atoms with E-state index in [4.69, 9.17) is 5.11 Å². The Morgan fingerprint density at radius 3 is 2.56 bits per heavy atom. The van der Waals surface area contributed by atoms with Crippen molar-refractivity contribution >= 4 is 36.5 Å². The van der Waals surface area contributed by atoms with Gasteiger partial charge in [0.2, 0.25) is 5.91 Å². The van der Waals surface area contributed by atoms with Gasteiger partial charge in [0.05, 0.1) is 36.8 Å². The van der Waals surface area contributed by atoms with Crippen LogP contribution < -0.4 is 10.2 Å². The fourth-order valence-corrected chi connectivity index (χ4v) is 3.27. The third-order valence-electron chi connectivity index (χ3n) is 4.97. The minimum Gasteiger partial charge on any atom is -0.395 e. The molecule has 1 aromatic rings. The van der Waals surface area contributed by atoms with E-state index in [2.05, 4.69) is 34.0 Å². The molecule has 2 atom stereocenters. The van der Waals surface area contributed by atoms with Crippen molar-refractivity contribution in [1.29, 1.82) is 0 Å². The van der Waals surface area contributed by atoms with Crippen LogP contribution in [0.2, 0.25) is 0 Å². The first kappa shape index (κ1) is 25.9. The van der Waals surface area contributed by atoms with Gasteiger partial charge in [-0.05, 0) is 26.8 Å². The standard InChI is InChI=1S/C18H31N5O2.2ClH/c1-12(2)15-9-23(17-8-19-13(3)14(4)20-17)10-16(15)21-18(25)11-22(5)6-7-24;;/h8,12,15-16,24H,6-7,9-11H2,1-5H3,(H,21,25);2*1H/t15-,16+;;/m1../s1. The summed E-state index contributed by atoms with van der Waals surface area (Å²) in [6.07, 6.45) is 1.82. The van der Waals surface area contributed by atoms with Gasteiger partial charge in [0, 0.05) is 25.6 Å². The molecule has 0 bridgehead atoms. The molecule has 9 heteroatoms. The van der Waals surface area contributed by atoms with E-state index in [1.54, 1.807) is 0 Å². The number of halogens is 2. The molecule has 1 aliphatic heterocycles. The van der Waals surface area contributed by atoms with Crippen LogP contribution in [0.1, 0.15) is 25.2 Å². The summed E-state index contributed by atoms with van der Waals surface area (Å²) in [6, 6.07) is 0.0958. The van der Waals surface area contributed by atoms with Crippen molar-refractivity contribution in [3.8, 4) is 0 Å². The number of aliphatic hydroxyl groups is 1. The molecule has 2 heterocycles. The highest BCUT2D eigenvalue weighted by Crippen LogP contribution is 2.27. The molecule has 0 aliphatic carbocycles. The number of anilines is 1. The van der Waals surface area contributed by atoms with Gasteiger partial charge in [0.15, 0.2) is 0 Å². The molecule has 2 rings (SSSR count). The lowest BCUT2D eigenvalue weighted by molar-refractivity contribution is -0.122. The van der Waals surface area contributed by atoms with Crippen LogP contribution in [-0.4, -0.2) is 71.8 Å². The smallest absolute Gasteiger partial charge is 0.234 e. The Labute approximate surface area is 174 Å². The van der Waals surface area contributed by atoms with Crippen molar-refractivity contribution in [3.63, 3.8) is 0 Å². The van der Waals surface area contributed by atoms with Gasteiger partial charge >= 0.3 is 0 Å². The number of hydrogen-bond donors (Lipinski definition) is 2. The lowest BCUT2D eigenvalue weighted by atomic mass is 9.91. The number of aryl methyl sites for hydroxylation is 2. The van der Waals surface area contributed by atoms with Gasteiger partial charge in [-0.25, -0.2) is 4.98 Å². The Morgan fingerprint density at radius 1 is 1.33 bits per heavy atom. The number of carbonyl (C=O) groups excluding carboxylic acids is 1. The number of amides is 1. The minimum absolute atomic E-state index is 0. The number of aliphatic hydroxyl groups excluding tert-OH is 1. The third kappa shape index (κ3) is 7.07. The van der Waals surface area contributed by atoms with E-state index in [-0.39, 0.29) is 43.4 Å². The summed E-state index contributed by atoms with van der Waals surface area (Å²) >= 11 is 0. The predicted molar refractivity (Wildman–Crippen MR) is 113 cm³/mol. The zero-order valence-corrected chi connectivity index (χ0v) is 18.4. The molecular weight excluding hydrogens is 389 g/mol. The first-order chi connectivity index (χ1) is 11.8. The fraction of sp³-hybridized carbons (Fsp3) is 0.722. The SMILES string of the molecule is Cc1ncc(N2C[C@H](NC(=O)CN(C)CCO)[C@@H](C(C)C)C2)nc1C.Cl.Cl. The molecule has 27 heavy (non-hydrogen) atoms. The number of carbonyl (C=O) groups is 1. The molecule has 1 aliphatic rings. The van der Waals surface area contributed by atoms with Gasteiger partial charge in [-0.3, -0.25) is 14.7 Å². The number of aromatic nitrogens is 2. The lowest BCUT2D eigenvalue weighted by Crippen LogP contribution is -2.46. The van der Waals surface area contributed by atoms with Gasteiger partial charge in [0.25, 0.3) is 0 Å². The first-order valence-corrected chi connectivity index (χ1v) is 8.95. The second kappa shape index (κ2) is 11.6. The van der Waals surface area contributed by atoms with Crippen molar-refractivity contribution in [3.05, 3.63) is 17.6 Å². The Hall–Kier alpha value is -1.15. The topological polar surface area (TPSA) is 81.6 Å². The van der Waals surface area contributed by atoms with Crippen molar-refractivity contribution in [1.82, 2.24) is 20.2 Å². The molecule has 0 radical (unpaired) electrons. The van der Waals surface area contributed by atoms with Crippen LogP contribution in [0.5, 0.6) is 0 Å². The normalized spacial score (nSPS) is 19.0. The monoisotopic (exact) mass is 421 g/mol. The quantitative estimate of drug-likeness (QED) is 0.692. The minimum atomic E-state index is -0.000351. The molecule has 1 aromatic heterocycles. The summed E-state index contributed by atoms with van der Waals surface area (Å²) in [5.74, 6) is 1.71. The summed E-state index contributed by atoms with van der Waals surface area (Å²) in [5.41, 5.74) is 1.89. The number of nitrogens with one attached hydrogen (secondary N) is 1. The first-order valence-electron chi connectivity index (χ1n) is 8.95. The Balaban J connectivity index is 0.00000338. The van der Waals surface area contributed by atoms with Gasteiger partial charge in [-0.15, -0.1) is 24.8 Å². The molecule has 0 spiro atoms. The molecule has 1 fully saturated rings. The van der Waals surface area contributed by atoms with E-state index >= 15 is 0 Å². The van der Waals surface area contributed by atoms with Crippen molar-refractivity contribution < 1.29 is 9.90 Å². The zero-order chi connectivity index (χ0) is 18.6. The van der Waals surface area contributed by atoms with Crippen LogP contribution in [0.25, 0.3) is 0 Å². The van der Waals surface area contributed by atoms with Crippen LogP contribution in [0, 0.1) is 25.7 Å². The van der Waals surface area contributed by atoms with Crippen molar-refractivity contribution in [2.75, 3.05) is 44.7 Å². The summed E-state index contributed by atoms with van der Waals surface area (Å²) in [6.45, 7) is 10.8. The van der Waals surface area contributed by atoms with Crippen LogP contribution in [0.3, 0.4) is 0 Å². The number of hydrogen-bond acceptors (Lipinski definition) is 6. The van der Waals surface area contributed by atoms with Gasteiger partial charge in [0.1, 0.15) is 5.82 Å². The predicted octanol–water partition coefficient (Wildman–Crippen LogP) is 1.44. The lowest BCUT2D eigenvalue weighted by Gasteiger charge is -2.24. The molecule has 1 amide bonds. The van der Waals surface area contributed by atoms with E-state index < -0.39 is 0 Å². The largest absolute Gasteiger partial charge is 0.395 e. The highest BCUT2D eigenvalue weighted by Gasteiger charge is 2.36. The van der Waals surface area contributed by atoms with Gasteiger partial charge < -0.3 is 15.3 Å². The van der Waals surface area contributed by atoms with Crippen molar-refractivity contribution in [2.45, 2.75) is 33.7 Å². The maximum Gasteiger partial charge on any atom is 0.234 e. The molecule has 156 valence electrons. The molecule has 0 saturated carbocycles. The second-order valence-corrected chi connectivity index (χ2v) is 7.35. The maximum absolute atomic E-state index is 12.3. The maximum atomic E-state index is 12.3. The summed E-state index contributed by atoms with van der Waals surface area (Å²) < 4.78 is 0. The van der Waals surface area contributed by atoms with E-state index in [1.807, 2.05) is 32.0 Å². The summed E-state index contributed by atoms with van der Waals surface area (Å²) in [4.78, 5) is 25.4. The Kier molecular flexibility index (Phi) is 11.1. The average Bonchev–Trinajstić information content (AvgIpc) is 2.94. The second-order valence-electron chi connectivity index (χ2n) is 7.35. The molecule has 7 nitrogen and oxygen atoms in total. The highest BCUT2D eigenvalue weighted by atomic mass is 35.5. The third-order valence-corrected chi connectivity index (χ3v) is 4.97. The Morgan fingerprint density at radius 2 is 2.00 bits per heavy atom. The van der Waals surface area contributed by atoms with Gasteiger partial charge in [-0.2, -0.15) is 0 Å². The highest BCUT2D eigenvalue weighted by molar-refractivity contribution is 5.85. The van der Waals surface area contributed by atoms with Crippen LogP contribution in [0.15, 0.2) is 6.20 Å². The van der Waals surface area contributed by atoms with Crippen molar-refractivity contribution in [2.24, 2.45) is 11.8 Å². The number of likely N-dealkylation sites (N-methyl/N-ethyl adjacent to an activating group) is 1. The number of nitrogens with zero attached hydrogens (tertiary/aromatic N) is 4. The fourth-order valence-electron chi connectivity index (χ4n) is 3.27. The van der Waals surface area contributed by atoms with Crippen LogP contribution >= 0.6 is 24.8 Å². The van der Waals surface area contributed by atoms with Gasteiger partial charge in [-0.1, -0.05) is 13.8 Å². The van der Waals surface area contributed by atoms with E-state index in [1.165, 1.54) is 0 Å². The molecule has 2 N–H and O–H groups in total.